The van der Waals surface area contributed by atoms with E-state index in [0.29, 0.717) is 11.3 Å². The lowest BCUT2D eigenvalue weighted by atomic mass is 9.91. The zero-order valence-corrected chi connectivity index (χ0v) is 12.9. The highest BCUT2D eigenvalue weighted by Gasteiger charge is 2.32. The number of nitrogens with one attached hydrogen (secondary N) is 1. The van der Waals surface area contributed by atoms with Crippen molar-refractivity contribution in [1.29, 1.82) is 5.26 Å². The van der Waals surface area contributed by atoms with Crippen molar-refractivity contribution < 1.29 is 19.1 Å². The van der Waals surface area contributed by atoms with Crippen molar-refractivity contribution in [2.45, 2.75) is 12.3 Å². The maximum atomic E-state index is 12.6. The van der Waals surface area contributed by atoms with Crippen LogP contribution in [0.4, 0.5) is 5.69 Å². The molecule has 0 fully saturated rings. The van der Waals surface area contributed by atoms with Crippen LogP contribution in [0.5, 0.6) is 11.5 Å². The third-order valence-corrected chi connectivity index (χ3v) is 3.79. The molecule has 1 unspecified atom stereocenters. The van der Waals surface area contributed by atoms with Crippen LogP contribution in [0.25, 0.3) is 0 Å². The number of para-hydroxylation sites is 1. The van der Waals surface area contributed by atoms with Gasteiger partial charge in [-0.2, -0.15) is 5.26 Å². The van der Waals surface area contributed by atoms with Crippen LogP contribution in [-0.2, 0) is 9.59 Å². The number of amides is 1. The van der Waals surface area contributed by atoms with Crippen molar-refractivity contribution in [2.75, 3.05) is 12.4 Å². The van der Waals surface area contributed by atoms with Gasteiger partial charge in [-0.15, -0.1) is 0 Å². The van der Waals surface area contributed by atoms with Gasteiger partial charge in [0.15, 0.2) is 11.5 Å². The summed E-state index contributed by atoms with van der Waals surface area (Å²) in [7, 11) is 1.43. The summed E-state index contributed by atoms with van der Waals surface area (Å²) in [5, 5.41) is 11.7. The summed E-state index contributed by atoms with van der Waals surface area (Å²) in [5.41, 5.74) is 1.73. The van der Waals surface area contributed by atoms with Gasteiger partial charge in [-0.25, -0.2) is 0 Å². The van der Waals surface area contributed by atoms with Crippen molar-refractivity contribution in [3.8, 4) is 17.6 Å². The van der Waals surface area contributed by atoms with E-state index in [-0.39, 0.29) is 23.8 Å². The van der Waals surface area contributed by atoms with E-state index in [1.807, 2.05) is 6.07 Å². The van der Waals surface area contributed by atoms with E-state index in [9.17, 15) is 9.59 Å². The highest BCUT2D eigenvalue weighted by Crippen LogP contribution is 2.35. The van der Waals surface area contributed by atoms with Crippen molar-refractivity contribution in [3.05, 3.63) is 53.6 Å². The maximum Gasteiger partial charge on any atom is 0.319 e. The average Bonchev–Trinajstić information content (AvgIpc) is 2.61. The summed E-state index contributed by atoms with van der Waals surface area (Å²) in [6.07, 6.45) is 0.0223. The number of ether oxygens (including phenoxy) is 2. The Morgan fingerprint density at radius 2 is 2.04 bits per heavy atom. The van der Waals surface area contributed by atoms with Crippen molar-refractivity contribution >= 4 is 17.6 Å². The summed E-state index contributed by atoms with van der Waals surface area (Å²) < 4.78 is 10.6. The van der Waals surface area contributed by atoms with Gasteiger partial charge in [-0.05, 0) is 23.8 Å². The van der Waals surface area contributed by atoms with Crippen molar-refractivity contribution in [3.63, 3.8) is 0 Å². The van der Waals surface area contributed by atoms with Gasteiger partial charge < -0.3 is 14.8 Å². The molecule has 1 atom stereocenters. The first-order valence-corrected chi connectivity index (χ1v) is 7.31. The number of esters is 1. The third-order valence-electron chi connectivity index (χ3n) is 3.79. The normalized spacial score (nSPS) is 15.7. The van der Waals surface area contributed by atoms with E-state index >= 15 is 0 Å². The highest BCUT2D eigenvalue weighted by atomic mass is 16.6. The van der Waals surface area contributed by atoms with Crippen LogP contribution >= 0.6 is 0 Å². The molecule has 6 heteroatoms. The molecular formula is C18H14N2O4. The first-order valence-electron chi connectivity index (χ1n) is 7.31. The second-order valence-electron chi connectivity index (χ2n) is 5.29. The monoisotopic (exact) mass is 322 g/mol. The van der Waals surface area contributed by atoms with E-state index in [1.54, 1.807) is 24.3 Å². The maximum absolute atomic E-state index is 12.6. The van der Waals surface area contributed by atoms with Gasteiger partial charge in [0.2, 0.25) is 5.91 Å². The van der Waals surface area contributed by atoms with Gasteiger partial charge in [-0.3, -0.25) is 9.59 Å². The number of carbonyl (C=O) groups excluding carboxylic acids is 2. The summed E-state index contributed by atoms with van der Waals surface area (Å²) in [5.74, 6) is -0.959. The minimum Gasteiger partial charge on any atom is -0.493 e. The third kappa shape index (κ3) is 2.92. The molecule has 0 aromatic heterocycles. The Balaban J connectivity index is 1.89. The van der Waals surface area contributed by atoms with Crippen LogP contribution < -0.4 is 14.8 Å². The molecule has 2 aromatic carbocycles. The number of nitriles is 1. The fourth-order valence-corrected chi connectivity index (χ4v) is 2.62. The molecule has 1 amide bonds. The fraction of sp³-hybridized carbons (Fsp3) is 0.167. The molecule has 1 N–H and O–H groups in total. The summed E-state index contributed by atoms with van der Waals surface area (Å²) in [6.45, 7) is 0. The number of rotatable bonds is 3. The zero-order chi connectivity index (χ0) is 17.1. The summed E-state index contributed by atoms with van der Waals surface area (Å²) in [6, 6.07) is 13.6. The average molecular weight is 322 g/mol. The lowest BCUT2D eigenvalue weighted by Crippen LogP contribution is -2.29. The van der Waals surface area contributed by atoms with E-state index in [0.717, 1.165) is 5.56 Å². The largest absolute Gasteiger partial charge is 0.493 e. The molecular weight excluding hydrogens is 308 g/mol. The van der Waals surface area contributed by atoms with Crippen LogP contribution in [0.15, 0.2) is 42.5 Å². The van der Waals surface area contributed by atoms with Crippen LogP contribution in [0, 0.1) is 11.3 Å². The van der Waals surface area contributed by atoms with Crippen molar-refractivity contribution in [1.82, 2.24) is 0 Å². The number of fused-ring (bicyclic) bond motifs is 1. The number of hydrogen-bond acceptors (Lipinski definition) is 5. The van der Waals surface area contributed by atoms with Gasteiger partial charge in [0.25, 0.3) is 0 Å². The Hall–Kier alpha value is -3.33. The van der Waals surface area contributed by atoms with Gasteiger partial charge in [0, 0.05) is 18.2 Å². The Kier molecular flexibility index (Phi) is 4.17. The first kappa shape index (κ1) is 15.6. The Labute approximate surface area is 138 Å². The Bertz CT molecular complexity index is 854. The second-order valence-corrected chi connectivity index (χ2v) is 5.29. The van der Waals surface area contributed by atoms with E-state index in [1.165, 1.54) is 25.3 Å². The first-order chi connectivity index (χ1) is 11.6. The summed E-state index contributed by atoms with van der Waals surface area (Å²) in [4.78, 5) is 24.4. The predicted molar refractivity (Wildman–Crippen MR) is 85.8 cm³/mol. The molecule has 2 aromatic rings. The van der Waals surface area contributed by atoms with Crippen LogP contribution in [0.3, 0.4) is 0 Å². The molecule has 0 bridgehead atoms. The molecule has 6 nitrogen and oxygen atoms in total. The fourth-order valence-electron chi connectivity index (χ4n) is 2.62. The van der Waals surface area contributed by atoms with Gasteiger partial charge in [-0.1, -0.05) is 18.2 Å². The van der Waals surface area contributed by atoms with Crippen LogP contribution in [0.1, 0.15) is 23.5 Å². The molecule has 120 valence electrons. The molecule has 0 spiro atoms. The molecule has 0 saturated carbocycles. The Morgan fingerprint density at radius 1 is 1.25 bits per heavy atom. The molecule has 3 rings (SSSR count). The number of nitrogens with zero attached hydrogens (tertiary/aromatic N) is 1. The van der Waals surface area contributed by atoms with Gasteiger partial charge >= 0.3 is 5.97 Å². The SMILES string of the molecule is COc1cc(C#N)ccc1OC(=O)C1CC(=O)Nc2ccccc21. The van der Waals surface area contributed by atoms with Crippen LogP contribution in [0.2, 0.25) is 0 Å². The number of hydrogen-bond donors (Lipinski definition) is 1. The lowest BCUT2D eigenvalue weighted by molar-refractivity contribution is -0.138. The molecule has 0 radical (unpaired) electrons. The standard InChI is InChI=1S/C18H14N2O4/c1-23-16-8-11(10-19)6-7-15(16)24-18(22)13-9-17(21)20-14-5-3-2-4-12(13)14/h2-8,13H,9H2,1H3,(H,20,21). The van der Waals surface area contributed by atoms with E-state index < -0.39 is 11.9 Å². The molecule has 24 heavy (non-hydrogen) atoms. The summed E-state index contributed by atoms with van der Waals surface area (Å²) >= 11 is 0. The highest BCUT2D eigenvalue weighted by molar-refractivity contribution is 6.00. The van der Waals surface area contributed by atoms with Gasteiger partial charge in [0.05, 0.1) is 24.7 Å². The molecule has 1 heterocycles. The Morgan fingerprint density at radius 3 is 2.79 bits per heavy atom. The smallest absolute Gasteiger partial charge is 0.319 e. The topological polar surface area (TPSA) is 88.4 Å². The molecule has 0 saturated heterocycles. The predicted octanol–water partition coefficient (Wildman–Crippen LogP) is 2.60. The molecule has 1 aliphatic heterocycles. The van der Waals surface area contributed by atoms with E-state index in [2.05, 4.69) is 5.32 Å². The van der Waals surface area contributed by atoms with E-state index in [4.69, 9.17) is 14.7 Å². The lowest BCUT2D eigenvalue weighted by Gasteiger charge is -2.24. The number of benzene rings is 2. The minimum atomic E-state index is -0.685. The number of anilines is 1. The van der Waals surface area contributed by atoms with Crippen molar-refractivity contribution in [2.24, 2.45) is 0 Å². The van der Waals surface area contributed by atoms with Gasteiger partial charge in [0.1, 0.15) is 0 Å². The molecule has 1 aliphatic rings. The number of methoxy groups -OCH3 is 1. The second kappa shape index (κ2) is 6.42. The van der Waals surface area contributed by atoms with Crippen LogP contribution in [-0.4, -0.2) is 19.0 Å². The molecule has 0 aliphatic carbocycles. The quantitative estimate of drug-likeness (QED) is 0.693. The minimum absolute atomic E-state index is 0.0223. The number of carbonyl (C=O) groups is 2. The zero-order valence-electron chi connectivity index (χ0n) is 12.9.